The molecule has 1 aromatic rings. The molecule has 0 saturated carbocycles. The van der Waals surface area contributed by atoms with E-state index in [1.807, 2.05) is 37.3 Å². The first-order valence-corrected chi connectivity index (χ1v) is 9.01. The van der Waals surface area contributed by atoms with Gasteiger partial charge in [0.2, 0.25) is 11.8 Å². The van der Waals surface area contributed by atoms with Crippen molar-refractivity contribution >= 4 is 40.6 Å². The number of benzene rings is 1. The van der Waals surface area contributed by atoms with Crippen LogP contribution in [0, 0.1) is 0 Å². The first kappa shape index (κ1) is 16.9. The van der Waals surface area contributed by atoms with E-state index in [0.717, 1.165) is 17.5 Å². The van der Waals surface area contributed by atoms with Crippen LogP contribution in [-0.2, 0) is 15.3 Å². The molecule has 5 nitrogen and oxygen atoms in total. The molecule has 2 rings (SSSR count). The van der Waals surface area contributed by atoms with Crippen LogP contribution in [0.4, 0.5) is 4.79 Å². The maximum atomic E-state index is 12.0. The Morgan fingerprint density at radius 3 is 2.73 bits per heavy atom. The van der Waals surface area contributed by atoms with Crippen molar-refractivity contribution in [3.8, 4) is 0 Å². The van der Waals surface area contributed by atoms with E-state index in [0.29, 0.717) is 6.54 Å². The zero-order chi connectivity index (χ0) is 15.9. The molecule has 1 aromatic carbocycles. The molecule has 118 valence electrons. The van der Waals surface area contributed by atoms with Crippen LogP contribution < -0.4 is 5.32 Å². The number of rotatable bonds is 7. The summed E-state index contributed by atoms with van der Waals surface area (Å²) in [5.74, 6) is 0.717. The highest BCUT2D eigenvalue weighted by Gasteiger charge is 2.29. The predicted octanol–water partition coefficient (Wildman–Crippen LogP) is 2.12. The van der Waals surface area contributed by atoms with Crippen LogP contribution in [0.3, 0.4) is 0 Å². The Morgan fingerprint density at radius 2 is 2.09 bits per heavy atom. The molecule has 1 atom stereocenters. The van der Waals surface area contributed by atoms with Crippen LogP contribution in [0.25, 0.3) is 0 Å². The number of imide groups is 1. The van der Waals surface area contributed by atoms with Crippen molar-refractivity contribution in [2.24, 2.45) is 0 Å². The predicted molar refractivity (Wildman–Crippen MR) is 89.8 cm³/mol. The van der Waals surface area contributed by atoms with E-state index in [1.165, 1.54) is 10.5 Å². The topological polar surface area (TPSA) is 66.5 Å². The summed E-state index contributed by atoms with van der Waals surface area (Å²) >= 11 is 2.56. The van der Waals surface area contributed by atoms with E-state index < -0.39 is 0 Å². The van der Waals surface area contributed by atoms with E-state index in [-0.39, 0.29) is 34.6 Å². The molecule has 0 spiro atoms. The molecule has 0 radical (unpaired) electrons. The second-order valence-electron chi connectivity index (χ2n) is 4.83. The molecule has 0 unspecified atom stereocenters. The number of nitrogens with one attached hydrogen (secondary N) is 1. The lowest BCUT2D eigenvalue weighted by molar-refractivity contribution is -0.125. The SMILES string of the molecule is C[C@H](SCc1ccccc1)C(=O)NCCN1C(=O)CSC1=O. The van der Waals surface area contributed by atoms with E-state index in [1.54, 1.807) is 11.8 Å². The zero-order valence-electron chi connectivity index (χ0n) is 12.3. The zero-order valence-corrected chi connectivity index (χ0v) is 13.9. The van der Waals surface area contributed by atoms with Gasteiger partial charge in [-0.25, -0.2) is 0 Å². The second-order valence-corrected chi connectivity index (χ2v) is 7.09. The number of carbonyl (C=O) groups is 3. The summed E-state index contributed by atoms with van der Waals surface area (Å²) in [7, 11) is 0. The van der Waals surface area contributed by atoms with Gasteiger partial charge in [0.25, 0.3) is 5.24 Å². The highest BCUT2D eigenvalue weighted by Crippen LogP contribution is 2.19. The standard InChI is InChI=1S/C15H18N2O3S2/c1-11(21-9-12-5-3-2-4-6-12)14(19)16-7-8-17-13(18)10-22-15(17)20/h2-6,11H,7-10H2,1H3,(H,16,19)/t11-/m0/s1. The van der Waals surface area contributed by atoms with Gasteiger partial charge in [0.1, 0.15) is 0 Å². The molecule has 1 aliphatic heterocycles. The third kappa shape index (κ3) is 4.78. The third-order valence-corrected chi connectivity index (χ3v) is 5.26. The fourth-order valence-corrected chi connectivity index (χ4v) is 3.52. The summed E-state index contributed by atoms with van der Waals surface area (Å²) in [5.41, 5.74) is 1.18. The van der Waals surface area contributed by atoms with Crippen molar-refractivity contribution in [1.82, 2.24) is 10.2 Å². The normalized spacial score (nSPS) is 16.0. The van der Waals surface area contributed by atoms with Gasteiger partial charge < -0.3 is 5.32 Å². The summed E-state index contributed by atoms with van der Waals surface area (Å²) in [6.45, 7) is 2.39. The van der Waals surface area contributed by atoms with Gasteiger partial charge in [-0.1, -0.05) is 42.1 Å². The lowest BCUT2D eigenvalue weighted by Crippen LogP contribution is -2.39. The monoisotopic (exact) mass is 338 g/mol. The minimum absolute atomic E-state index is 0.0762. The van der Waals surface area contributed by atoms with Gasteiger partial charge in [-0.2, -0.15) is 0 Å². The van der Waals surface area contributed by atoms with Crippen LogP contribution in [-0.4, -0.2) is 46.0 Å². The number of carbonyl (C=O) groups excluding carboxylic acids is 3. The molecule has 1 saturated heterocycles. The molecule has 1 aliphatic rings. The number of amides is 3. The highest BCUT2D eigenvalue weighted by molar-refractivity contribution is 8.14. The van der Waals surface area contributed by atoms with Crippen LogP contribution in [0.2, 0.25) is 0 Å². The third-order valence-electron chi connectivity index (χ3n) is 3.19. The number of hydrogen-bond donors (Lipinski definition) is 1. The summed E-state index contributed by atoms with van der Waals surface area (Å²) in [4.78, 5) is 36.0. The van der Waals surface area contributed by atoms with E-state index in [4.69, 9.17) is 0 Å². The number of hydrogen-bond acceptors (Lipinski definition) is 5. The largest absolute Gasteiger partial charge is 0.353 e. The fourth-order valence-electron chi connectivity index (χ4n) is 1.90. The maximum absolute atomic E-state index is 12.0. The molecule has 0 aromatic heterocycles. The molecule has 22 heavy (non-hydrogen) atoms. The average Bonchev–Trinajstić information content (AvgIpc) is 2.85. The van der Waals surface area contributed by atoms with Gasteiger partial charge in [-0.3, -0.25) is 19.3 Å². The Balaban J connectivity index is 1.68. The number of nitrogens with zero attached hydrogens (tertiary/aromatic N) is 1. The Labute approximate surface area is 138 Å². The average molecular weight is 338 g/mol. The Kier molecular flexibility index (Phi) is 6.33. The van der Waals surface area contributed by atoms with Crippen molar-refractivity contribution in [1.29, 1.82) is 0 Å². The molecule has 3 amide bonds. The fraction of sp³-hybridized carbons (Fsp3) is 0.400. The Morgan fingerprint density at radius 1 is 1.36 bits per heavy atom. The lowest BCUT2D eigenvalue weighted by atomic mass is 10.2. The van der Waals surface area contributed by atoms with Crippen molar-refractivity contribution in [2.75, 3.05) is 18.8 Å². The quantitative estimate of drug-likeness (QED) is 0.825. The van der Waals surface area contributed by atoms with Gasteiger partial charge in [0.15, 0.2) is 0 Å². The molecular weight excluding hydrogens is 320 g/mol. The summed E-state index contributed by atoms with van der Waals surface area (Å²) in [5, 5.41) is 2.36. The molecular formula is C15H18N2O3S2. The minimum Gasteiger partial charge on any atom is -0.353 e. The van der Waals surface area contributed by atoms with Gasteiger partial charge in [0, 0.05) is 18.8 Å². The lowest BCUT2D eigenvalue weighted by Gasteiger charge is -2.15. The smallest absolute Gasteiger partial charge is 0.288 e. The van der Waals surface area contributed by atoms with Gasteiger partial charge in [0.05, 0.1) is 11.0 Å². The summed E-state index contributed by atoms with van der Waals surface area (Å²) in [6.07, 6.45) is 0. The molecule has 7 heteroatoms. The van der Waals surface area contributed by atoms with Crippen LogP contribution >= 0.6 is 23.5 Å². The van der Waals surface area contributed by atoms with Crippen molar-refractivity contribution < 1.29 is 14.4 Å². The number of thioether (sulfide) groups is 2. The van der Waals surface area contributed by atoms with E-state index in [2.05, 4.69) is 5.32 Å². The molecule has 1 heterocycles. The van der Waals surface area contributed by atoms with Crippen molar-refractivity contribution in [3.05, 3.63) is 35.9 Å². The van der Waals surface area contributed by atoms with Crippen molar-refractivity contribution in [3.63, 3.8) is 0 Å². The highest BCUT2D eigenvalue weighted by atomic mass is 32.2. The van der Waals surface area contributed by atoms with Crippen molar-refractivity contribution in [2.45, 2.75) is 17.9 Å². The van der Waals surface area contributed by atoms with Gasteiger partial charge in [-0.15, -0.1) is 11.8 Å². The Bertz CT molecular complexity index is 535. The maximum Gasteiger partial charge on any atom is 0.288 e. The first-order valence-electron chi connectivity index (χ1n) is 6.98. The van der Waals surface area contributed by atoms with Gasteiger partial charge >= 0.3 is 0 Å². The van der Waals surface area contributed by atoms with Crippen LogP contribution in [0.15, 0.2) is 30.3 Å². The Hall–Kier alpha value is -1.47. The second kappa shape index (κ2) is 8.24. The molecule has 0 aliphatic carbocycles. The first-order chi connectivity index (χ1) is 10.6. The molecule has 1 N–H and O–H groups in total. The van der Waals surface area contributed by atoms with E-state index >= 15 is 0 Å². The molecule has 0 bridgehead atoms. The summed E-state index contributed by atoms with van der Waals surface area (Å²) in [6, 6.07) is 9.97. The van der Waals surface area contributed by atoms with Crippen LogP contribution in [0.1, 0.15) is 12.5 Å². The van der Waals surface area contributed by atoms with Crippen LogP contribution in [0.5, 0.6) is 0 Å². The minimum atomic E-state index is -0.231. The summed E-state index contributed by atoms with van der Waals surface area (Å²) < 4.78 is 0. The molecule has 1 fully saturated rings. The van der Waals surface area contributed by atoms with E-state index in [9.17, 15) is 14.4 Å². The van der Waals surface area contributed by atoms with Gasteiger partial charge in [-0.05, 0) is 12.5 Å².